The molecule has 1 heterocycles. The smallest absolute Gasteiger partial charge is 0.142 e. The summed E-state index contributed by atoms with van der Waals surface area (Å²) in [5.74, 6) is 1.91. The highest BCUT2D eigenvalue weighted by Gasteiger charge is 2.22. The van der Waals surface area contributed by atoms with Crippen molar-refractivity contribution in [1.29, 1.82) is 0 Å². The van der Waals surface area contributed by atoms with Gasteiger partial charge in [0.25, 0.3) is 0 Å². The number of anilines is 1. The quantitative estimate of drug-likeness (QED) is 0.809. The molecule has 1 saturated carbocycles. The van der Waals surface area contributed by atoms with E-state index in [9.17, 15) is 0 Å². The molecule has 0 amide bonds. The third kappa shape index (κ3) is 2.30. The summed E-state index contributed by atoms with van der Waals surface area (Å²) in [6.07, 6.45) is 3.06. The molecule has 1 aromatic carbocycles. The van der Waals surface area contributed by atoms with Crippen LogP contribution in [0.15, 0.2) is 24.3 Å². The Bertz CT molecular complexity index is 363. The molecule has 3 rings (SSSR count). The molecule has 1 fully saturated rings. The zero-order chi connectivity index (χ0) is 10.8. The molecule has 1 aromatic rings. The fourth-order valence-corrected chi connectivity index (χ4v) is 2.04. The second kappa shape index (κ2) is 4.34. The van der Waals surface area contributed by atoms with E-state index in [2.05, 4.69) is 16.7 Å². The van der Waals surface area contributed by atoms with Crippen LogP contribution in [0.25, 0.3) is 0 Å². The lowest BCUT2D eigenvalue weighted by Crippen LogP contribution is -2.40. The van der Waals surface area contributed by atoms with E-state index in [0.717, 1.165) is 37.0 Å². The van der Waals surface area contributed by atoms with Crippen LogP contribution in [0.4, 0.5) is 5.69 Å². The highest BCUT2D eigenvalue weighted by Crippen LogP contribution is 2.29. The molecule has 16 heavy (non-hydrogen) atoms. The molecule has 1 atom stereocenters. The lowest BCUT2D eigenvalue weighted by Gasteiger charge is -2.27. The number of ether oxygens (including phenoxy) is 1. The van der Waals surface area contributed by atoms with Gasteiger partial charge in [0.1, 0.15) is 11.9 Å². The van der Waals surface area contributed by atoms with Gasteiger partial charge in [0, 0.05) is 6.54 Å². The predicted octanol–water partition coefficient (Wildman–Crippen LogP) is 1.86. The molecule has 0 aromatic heterocycles. The van der Waals surface area contributed by atoms with E-state index in [4.69, 9.17) is 4.74 Å². The first-order chi connectivity index (χ1) is 7.92. The number of hydrogen-bond acceptors (Lipinski definition) is 3. The average molecular weight is 218 g/mol. The minimum absolute atomic E-state index is 0.258. The molecule has 3 nitrogen and oxygen atoms in total. The van der Waals surface area contributed by atoms with E-state index in [1.54, 1.807) is 0 Å². The molecule has 1 aliphatic heterocycles. The number of nitrogens with one attached hydrogen (secondary N) is 2. The maximum absolute atomic E-state index is 5.91. The van der Waals surface area contributed by atoms with E-state index in [0.29, 0.717) is 0 Å². The molecule has 0 radical (unpaired) electrons. The summed E-state index contributed by atoms with van der Waals surface area (Å²) in [5, 5.41) is 6.88. The van der Waals surface area contributed by atoms with Crippen molar-refractivity contribution in [1.82, 2.24) is 5.32 Å². The van der Waals surface area contributed by atoms with Crippen LogP contribution in [-0.4, -0.2) is 25.7 Å². The van der Waals surface area contributed by atoms with Crippen LogP contribution in [0.1, 0.15) is 12.8 Å². The van der Waals surface area contributed by atoms with Gasteiger partial charge in [0.2, 0.25) is 0 Å². The number of rotatable bonds is 4. The standard InChI is InChI=1S/C13H18N2O/c1-2-4-13-12(3-1)15-9-11(16-13)8-14-7-10-5-6-10/h1-4,10-11,14-15H,5-9H2. The van der Waals surface area contributed by atoms with E-state index in [1.165, 1.54) is 12.8 Å². The Balaban J connectivity index is 1.51. The molecule has 1 unspecified atom stereocenters. The molecule has 0 saturated heterocycles. The second-order valence-corrected chi connectivity index (χ2v) is 4.72. The van der Waals surface area contributed by atoms with E-state index < -0.39 is 0 Å². The molecule has 0 bridgehead atoms. The van der Waals surface area contributed by atoms with E-state index in [1.807, 2.05) is 18.2 Å². The fourth-order valence-electron chi connectivity index (χ4n) is 2.04. The Morgan fingerprint density at radius 1 is 1.25 bits per heavy atom. The van der Waals surface area contributed by atoms with Gasteiger partial charge in [-0.15, -0.1) is 0 Å². The molecule has 0 spiro atoms. The normalized spacial score (nSPS) is 23.1. The Morgan fingerprint density at radius 3 is 3.00 bits per heavy atom. The predicted molar refractivity (Wildman–Crippen MR) is 64.9 cm³/mol. The lowest BCUT2D eigenvalue weighted by atomic mass is 10.2. The molecule has 2 N–H and O–H groups in total. The highest BCUT2D eigenvalue weighted by molar-refractivity contribution is 5.57. The van der Waals surface area contributed by atoms with Gasteiger partial charge in [0.15, 0.2) is 0 Å². The van der Waals surface area contributed by atoms with Gasteiger partial charge >= 0.3 is 0 Å². The van der Waals surface area contributed by atoms with Crippen LogP contribution in [0.5, 0.6) is 5.75 Å². The van der Waals surface area contributed by atoms with Crippen molar-refractivity contribution in [2.45, 2.75) is 18.9 Å². The number of hydrogen-bond donors (Lipinski definition) is 2. The molecule has 86 valence electrons. The zero-order valence-electron chi connectivity index (χ0n) is 9.41. The van der Waals surface area contributed by atoms with Crippen molar-refractivity contribution in [3.05, 3.63) is 24.3 Å². The Labute approximate surface area is 96.2 Å². The zero-order valence-corrected chi connectivity index (χ0v) is 9.41. The summed E-state index contributed by atoms with van der Waals surface area (Å²) >= 11 is 0. The van der Waals surface area contributed by atoms with Gasteiger partial charge in [-0.05, 0) is 37.4 Å². The number of benzene rings is 1. The summed E-state index contributed by atoms with van der Waals surface area (Å²) in [6, 6.07) is 8.12. The summed E-state index contributed by atoms with van der Waals surface area (Å²) < 4.78 is 5.91. The van der Waals surface area contributed by atoms with Crippen LogP contribution >= 0.6 is 0 Å². The van der Waals surface area contributed by atoms with Gasteiger partial charge in [-0.3, -0.25) is 0 Å². The minimum Gasteiger partial charge on any atom is -0.485 e. The van der Waals surface area contributed by atoms with Gasteiger partial charge in [-0.25, -0.2) is 0 Å². The Kier molecular flexibility index (Phi) is 2.70. The Morgan fingerprint density at radius 2 is 2.12 bits per heavy atom. The topological polar surface area (TPSA) is 33.3 Å². The average Bonchev–Trinajstić information content (AvgIpc) is 3.13. The summed E-state index contributed by atoms with van der Waals surface area (Å²) in [5.41, 5.74) is 1.11. The summed E-state index contributed by atoms with van der Waals surface area (Å²) in [7, 11) is 0. The summed E-state index contributed by atoms with van der Waals surface area (Å²) in [6.45, 7) is 2.99. The highest BCUT2D eigenvalue weighted by atomic mass is 16.5. The number of para-hydroxylation sites is 2. The first-order valence-corrected chi connectivity index (χ1v) is 6.12. The first-order valence-electron chi connectivity index (χ1n) is 6.12. The van der Waals surface area contributed by atoms with Crippen molar-refractivity contribution >= 4 is 5.69 Å². The maximum Gasteiger partial charge on any atom is 0.142 e. The largest absolute Gasteiger partial charge is 0.485 e. The molecular formula is C13H18N2O. The van der Waals surface area contributed by atoms with Crippen LogP contribution < -0.4 is 15.4 Å². The molecular weight excluding hydrogens is 200 g/mol. The third-order valence-corrected chi connectivity index (χ3v) is 3.20. The van der Waals surface area contributed by atoms with Crippen LogP contribution in [0, 0.1) is 5.92 Å². The SMILES string of the molecule is c1ccc2c(c1)NCC(CNCC1CC1)O2. The first kappa shape index (κ1) is 9.97. The van der Waals surface area contributed by atoms with Crippen molar-refractivity contribution < 1.29 is 4.74 Å². The molecule has 2 aliphatic rings. The van der Waals surface area contributed by atoms with Crippen molar-refractivity contribution in [3.8, 4) is 5.75 Å². The minimum atomic E-state index is 0.258. The van der Waals surface area contributed by atoms with Crippen molar-refractivity contribution in [2.75, 3.05) is 25.0 Å². The van der Waals surface area contributed by atoms with Crippen LogP contribution in [-0.2, 0) is 0 Å². The summed E-state index contributed by atoms with van der Waals surface area (Å²) in [4.78, 5) is 0. The second-order valence-electron chi connectivity index (χ2n) is 4.72. The lowest BCUT2D eigenvalue weighted by molar-refractivity contribution is 0.201. The van der Waals surface area contributed by atoms with Crippen LogP contribution in [0.3, 0.4) is 0 Å². The molecule has 1 aliphatic carbocycles. The van der Waals surface area contributed by atoms with E-state index >= 15 is 0 Å². The van der Waals surface area contributed by atoms with Gasteiger partial charge < -0.3 is 15.4 Å². The fraction of sp³-hybridized carbons (Fsp3) is 0.538. The Hall–Kier alpha value is -1.22. The maximum atomic E-state index is 5.91. The monoisotopic (exact) mass is 218 g/mol. The van der Waals surface area contributed by atoms with Crippen LogP contribution in [0.2, 0.25) is 0 Å². The third-order valence-electron chi connectivity index (χ3n) is 3.20. The van der Waals surface area contributed by atoms with Crippen molar-refractivity contribution in [2.24, 2.45) is 5.92 Å². The van der Waals surface area contributed by atoms with Gasteiger partial charge in [0.05, 0.1) is 12.2 Å². The van der Waals surface area contributed by atoms with Gasteiger partial charge in [-0.2, -0.15) is 0 Å². The molecule has 3 heteroatoms. The number of fused-ring (bicyclic) bond motifs is 1. The van der Waals surface area contributed by atoms with Gasteiger partial charge in [-0.1, -0.05) is 12.1 Å². The van der Waals surface area contributed by atoms with Crippen molar-refractivity contribution in [3.63, 3.8) is 0 Å². The van der Waals surface area contributed by atoms with E-state index in [-0.39, 0.29) is 6.10 Å².